The van der Waals surface area contributed by atoms with Crippen molar-refractivity contribution < 1.29 is 23.5 Å². The molecule has 2 saturated heterocycles. The van der Waals surface area contributed by atoms with Crippen LogP contribution < -0.4 is 9.47 Å². The van der Waals surface area contributed by atoms with Gasteiger partial charge in [0, 0.05) is 43.9 Å². The van der Waals surface area contributed by atoms with Crippen molar-refractivity contribution in [2.75, 3.05) is 59.5 Å². The quantitative estimate of drug-likeness (QED) is 0.192. The van der Waals surface area contributed by atoms with Crippen molar-refractivity contribution in [2.24, 2.45) is 28.6 Å². The molecule has 5 heteroatoms. The molecule has 7 atom stereocenters. The van der Waals surface area contributed by atoms with E-state index in [4.69, 9.17) is 9.47 Å². The Morgan fingerprint density at radius 3 is 2.40 bits per heavy atom. The zero-order valence-electron chi connectivity index (χ0n) is 30.4. The Kier molecular flexibility index (Phi) is 9.54. The van der Waals surface area contributed by atoms with Crippen LogP contribution >= 0.6 is 0 Å². The molecule has 1 N–H and O–H groups in total. The summed E-state index contributed by atoms with van der Waals surface area (Å²) in [6.07, 6.45) is 22.7. The van der Waals surface area contributed by atoms with E-state index in [9.17, 15) is 5.11 Å². The molecule has 5 fully saturated rings. The van der Waals surface area contributed by atoms with Gasteiger partial charge in [0.2, 0.25) is 0 Å². The van der Waals surface area contributed by atoms with Crippen molar-refractivity contribution >= 4 is 6.08 Å². The molecule has 6 aliphatic rings. The van der Waals surface area contributed by atoms with E-state index in [1.165, 1.54) is 94.0 Å². The molecule has 3 saturated carbocycles. The standard InChI is InChI=1S/C43H64N2O3/c1-6-20-44(22-8-9-23-44)26-27-48-39-15-12-32(29-40(39)47-5)28-33-30-38-36-14-13-34-31-35(45(21-7-2)24-10-11-25-45)16-18-42(34,3)37(36)17-19-43(38,4)41(33)46/h6-7,12-13,15,28-29,35-38,41,46H,1-2,8-11,14,16-27,30-31H2,3-5H3/q+2/b33-28+/t35-,36+,37-,38-,41-,42-,43-/m0/s1. The highest BCUT2D eigenvalue weighted by atomic mass is 16.5. The first-order valence-electron chi connectivity index (χ1n) is 19.5. The topological polar surface area (TPSA) is 38.7 Å². The molecule has 2 aliphatic heterocycles. The molecular weight excluding hydrogens is 592 g/mol. The third kappa shape index (κ3) is 5.84. The fourth-order valence-electron chi connectivity index (χ4n) is 12.3. The van der Waals surface area contributed by atoms with Crippen LogP contribution in [-0.2, 0) is 0 Å². The molecule has 0 spiro atoms. The number of hydrogen-bond donors (Lipinski definition) is 1. The first-order chi connectivity index (χ1) is 23.2. The van der Waals surface area contributed by atoms with E-state index < -0.39 is 0 Å². The molecule has 2 heterocycles. The maximum Gasteiger partial charge on any atom is 0.161 e. The van der Waals surface area contributed by atoms with Gasteiger partial charge in [0.05, 0.1) is 58.5 Å². The van der Waals surface area contributed by atoms with Crippen molar-refractivity contribution in [3.63, 3.8) is 0 Å². The second-order valence-corrected chi connectivity index (χ2v) is 17.3. The van der Waals surface area contributed by atoms with Crippen molar-refractivity contribution in [3.8, 4) is 11.5 Å². The Morgan fingerprint density at radius 2 is 1.67 bits per heavy atom. The second kappa shape index (κ2) is 13.4. The van der Waals surface area contributed by atoms with Gasteiger partial charge in [-0.15, -0.1) is 0 Å². The van der Waals surface area contributed by atoms with E-state index in [-0.39, 0.29) is 11.5 Å². The fourth-order valence-corrected chi connectivity index (χ4v) is 12.3. The third-order valence-electron chi connectivity index (χ3n) is 15.1. The highest BCUT2D eigenvalue weighted by Gasteiger charge is 2.60. The van der Waals surface area contributed by atoms with E-state index in [2.05, 4.69) is 69.5 Å². The highest BCUT2D eigenvalue weighted by Crippen LogP contribution is 2.66. The first kappa shape index (κ1) is 34.1. The molecule has 5 nitrogen and oxygen atoms in total. The van der Waals surface area contributed by atoms with Crippen molar-refractivity contribution in [3.05, 3.63) is 66.3 Å². The number of benzene rings is 1. The lowest BCUT2D eigenvalue weighted by atomic mass is 9.47. The summed E-state index contributed by atoms with van der Waals surface area (Å²) < 4.78 is 14.5. The summed E-state index contributed by atoms with van der Waals surface area (Å²) in [5.74, 6) is 3.51. The number of aliphatic hydroxyl groups is 1. The molecule has 0 unspecified atom stereocenters. The Balaban J connectivity index is 1.06. The number of hydrogen-bond acceptors (Lipinski definition) is 3. The van der Waals surface area contributed by atoms with Crippen molar-refractivity contribution in [2.45, 2.75) is 96.6 Å². The lowest BCUT2D eigenvalue weighted by molar-refractivity contribution is -0.936. The maximum absolute atomic E-state index is 11.9. The van der Waals surface area contributed by atoms with E-state index in [0.29, 0.717) is 23.9 Å². The summed E-state index contributed by atoms with van der Waals surface area (Å²) in [4.78, 5) is 0. The summed E-state index contributed by atoms with van der Waals surface area (Å²) in [5, 5.41) is 11.9. The number of aliphatic hydroxyl groups excluding tert-OH is 1. The molecular formula is C43H64N2O3+2. The molecule has 0 radical (unpaired) electrons. The van der Waals surface area contributed by atoms with Crippen LogP contribution in [0.25, 0.3) is 6.08 Å². The zero-order valence-corrected chi connectivity index (χ0v) is 30.4. The van der Waals surface area contributed by atoms with Gasteiger partial charge in [-0.05, 0) is 90.7 Å². The van der Waals surface area contributed by atoms with Gasteiger partial charge in [-0.25, -0.2) is 0 Å². The molecule has 0 bridgehead atoms. The molecule has 1 aromatic carbocycles. The predicted molar refractivity (Wildman–Crippen MR) is 197 cm³/mol. The van der Waals surface area contributed by atoms with Crippen LogP contribution in [0.4, 0.5) is 0 Å². The number of allylic oxidation sites excluding steroid dienone is 1. The zero-order chi connectivity index (χ0) is 33.6. The van der Waals surface area contributed by atoms with Crippen LogP contribution in [0.2, 0.25) is 0 Å². The van der Waals surface area contributed by atoms with Gasteiger partial charge < -0.3 is 23.5 Å². The Bertz CT molecular complexity index is 1420. The fraction of sp³-hybridized carbons (Fsp3) is 0.674. The summed E-state index contributed by atoms with van der Waals surface area (Å²) >= 11 is 0. The molecule has 0 amide bonds. The van der Waals surface area contributed by atoms with Gasteiger partial charge in [-0.2, -0.15) is 0 Å². The number of nitrogens with zero attached hydrogens (tertiary/aromatic N) is 2. The minimum atomic E-state index is -0.386. The third-order valence-corrected chi connectivity index (χ3v) is 15.1. The van der Waals surface area contributed by atoms with Gasteiger partial charge in [0.1, 0.15) is 13.2 Å². The Morgan fingerprint density at radius 1 is 0.917 bits per heavy atom. The molecule has 262 valence electrons. The van der Waals surface area contributed by atoms with Crippen LogP contribution in [0, 0.1) is 28.6 Å². The molecule has 4 aliphatic carbocycles. The first-order valence-corrected chi connectivity index (χ1v) is 19.5. The number of fused-ring (bicyclic) bond motifs is 5. The normalized spacial score (nSPS) is 37.3. The lowest BCUT2D eigenvalue weighted by Gasteiger charge is -2.58. The van der Waals surface area contributed by atoms with Crippen LogP contribution in [0.5, 0.6) is 11.5 Å². The van der Waals surface area contributed by atoms with E-state index in [1.54, 1.807) is 12.7 Å². The molecule has 48 heavy (non-hydrogen) atoms. The Hall–Kier alpha value is -2.34. The largest absolute Gasteiger partial charge is 0.493 e. The number of quaternary nitrogens is 2. The smallest absolute Gasteiger partial charge is 0.161 e. The SMILES string of the molecule is C=CC[N+]1(CCOc2ccc(/C=C3\C[C@H]4[C@@H]5CC=C6C[C@@H]([N+]7(CC=C)CCCC7)CC[C@]6(C)[C@H]5CC[C@]4(C)[C@H]3O)cc2OC)CCCC1. The highest BCUT2D eigenvalue weighted by molar-refractivity contribution is 5.60. The average Bonchev–Trinajstić information content (AvgIpc) is 3.81. The van der Waals surface area contributed by atoms with E-state index in [1.807, 2.05) is 0 Å². The van der Waals surface area contributed by atoms with E-state index >= 15 is 0 Å². The van der Waals surface area contributed by atoms with Gasteiger partial charge >= 0.3 is 0 Å². The van der Waals surface area contributed by atoms with Crippen molar-refractivity contribution in [1.29, 1.82) is 0 Å². The van der Waals surface area contributed by atoms with Gasteiger partial charge in [-0.3, -0.25) is 0 Å². The summed E-state index contributed by atoms with van der Waals surface area (Å²) in [6.45, 7) is 22.2. The summed E-state index contributed by atoms with van der Waals surface area (Å²) in [6, 6.07) is 7.08. The molecule has 7 rings (SSSR count). The van der Waals surface area contributed by atoms with Crippen molar-refractivity contribution in [1.82, 2.24) is 0 Å². The summed E-state index contributed by atoms with van der Waals surface area (Å²) in [7, 11) is 1.73. The second-order valence-electron chi connectivity index (χ2n) is 17.3. The van der Waals surface area contributed by atoms with Crippen LogP contribution in [-0.4, -0.2) is 85.7 Å². The summed E-state index contributed by atoms with van der Waals surface area (Å²) in [5.41, 5.74) is 4.35. The minimum absolute atomic E-state index is 0.0479. The van der Waals surface area contributed by atoms with Gasteiger partial charge in [0.25, 0.3) is 0 Å². The number of likely N-dealkylation sites (tertiary alicyclic amines) is 2. The van der Waals surface area contributed by atoms with Gasteiger partial charge in [-0.1, -0.05) is 50.8 Å². The Labute approximate surface area is 291 Å². The molecule has 0 aromatic heterocycles. The number of ether oxygens (including phenoxy) is 2. The number of rotatable bonds is 11. The van der Waals surface area contributed by atoms with Crippen LogP contribution in [0.1, 0.15) is 90.0 Å². The van der Waals surface area contributed by atoms with E-state index in [0.717, 1.165) is 66.0 Å². The average molecular weight is 657 g/mol. The van der Waals surface area contributed by atoms with Gasteiger partial charge in [0.15, 0.2) is 11.5 Å². The van der Waals surface area contributed by atoms with Crippen LogP contribution in [0.15, 0.2) is 60.7 Å². The maximum atomic E-state index is 11.9. The minimum Gasteiger partial charge on any atom is -0.493 e. The predicted octanol–water partition coefficient (Wildman–Crippen LogP) is 8.35. The monoisotopic (exact) mass is 656 g/mol. The lowest BCUT2D eigenvalue weighted by Crippen LogP contribution is -2.58. The number of methoxy groups -OCH3 is 1. The van der Waals surface area contributed by atoms with Crippen LogP contribution in [0.3, 0.4) is 0 Å². The molecule has 1 aromatic rings.